The van der Waals surface area contributed by atoms with Crippen molar-refractivity contribution in [2.24, 2.45) is 0 Å². The van der Waals surface area contributed by atoms with E-state index in [0.717, 1.165) is 5.56 Å². The molecule has 0 aliphatic heterocycles. The van der Waals surface area contributed by atoms with Crippen LogP contribution >= 0.6 is 0 Å². The normalized spacial score (nSPS) is 10.1. The molecule has 0 unspecified atom stereocenters. The molecule has 104 valence electrons. The first-order valence-electron chi connectivity index (χ1n) is 6.12. The van der Waals surface area contributed by atoms with Gasteiger partial charge in [0.15, 0.2) is 0 Å². The maximum absolute atomic E-state index is 12.3. The zero-order chi connectivity index (χ0) is 14.7. The molecule has 0 aromatic heterocycles. The highest BCUT2D eigenvalue weighted by Crippen LogP contribution is 2.26. The first kappa shape index (κ1) is 13.7. The van der Waals surface area contributed by atoms with Crippen LogP contribution in [0.25, 0.3) is 0 Å². The van der Waals surface area contributed by atoms with Crippen molar-refractivity contribution >= 4 is 23.0 Å². The van der Waals surface area contributed by atoms with E-state index < -0.39 is 0 Å². The van der Waals surface area contributed by atoms with Crippen LogP contribution in [0.2, 0.25) is 0 Å². The van der Waals surface area contributed by atoms with E-state index in [1.165, 1.54) is 7.11 Å². The van der Waals surface area contributed by atoms with Gasteiger partial charge in [-0.3, -0.25) is 4.79 Å². The zero-order valence-electron chi connectivity index (χ0n) is 11.4. The second-order valence-corrected chi connectivity index (χ2v) is 4.49. The van der Waals surface area contributed by atoms with Crippen molar-refractivity contribution in [2.75, 3.05) is 23.9 Å². The Morgan fingerprint density at radius 1 is 1.15 bits per heavy atom. The number of carbonyl (C=O) groups excluding carboxylic acids is 1. The molecule has 2 aromatic carbocycles. The number of ether oxygens (including phenoxy) is 1. The van der Waals surface area contributed by atoms with E-state index in [2.05, 4.69) is 5.32 Å². The monoisotopic (exact) mass is 271 g/mol. The summed E-state index contributed by atoms with van der Waals surface area (Å²) < 4.78 is 5.14. The number of aryl methyl sites for hydroxylation is 1. The van der Waals surface area contributed by atoms with Gasteiger partial charge in [-0.15, -0.1) is 0 Å². The number of benzene rings is 2. The van der Waals surface area contributed by atoms with Crippen LogP contribution < -0.4 is 21.5 Å². The highest BCUT2D eigenvalue weighted by atomic mass is 16.5. The van der Waals surface area contributed by atoms with Crippen molar-refractivity contribution in [1.82, 2.24) is 0 Å². The van der Waals surface area contributed by atoms with Crippen LogP contribution in [0.5, 0.6) is 5.75 Å². The zero-order valence-corrected chi connectivity index (χ0v) is 11.4. The summed E-state index contributed by atoms with van der Waals surface area (Å²) in [6.07, 6.45) is 0. The van der Waals surface area contributed by atoms with Crippen molar-refractivity contribution < 1.29 is 9.53 Å². The van der Waals surface area contributed by atoms with Crippen molar-refractivity contribution in [3.8, 4) is 5.75 Å². The molecule has 0 aliphatic rings. The molecule has 5 heteroatoms. The summed E-state index contributed by atoms with van der Waals surface area (Å²) in [6, 6.07) is 10.3. The Morgan fingerprint density at radius 3 is 2.40 bits per heavy atom. The number of rotatable bonds is 3. The van der Waals surface area contributed by atoms with Crippen LogP contribution in [0.3, 0.4) is 0 Å². The fraction of sp³-hybridized carbons (Fsp3) is 0.133. The van der Waals surface area contributed by atoms with E-state index in [-0.39, 0.29) is 5.91 Å². The fourth-order valence-electron chi connectivity index (χ4n) is 1.90. The first-order valence-corrected chi connectivity index (χ1v) is 6.12. The van der Waals surface area contributed by atoms with Crippen LogP contribution in [0.15, 0.2) is 36.4 Å². The third-order valence-electron chi connectivity index (χ3n) is 2.99. The van der Waals surface area contributed by atoms with Gasteiger partial charge >= 0.3 is 0 Å². The maximum Gasteiger partial charge on any atom is 0.256 e. The van der Waals surface area contributed by atoms with Gasteiger partial charge in [0.05, 0.1) is 12.8 Å². The highest BCUT2D eigenvalue weighted by molar-refractivity contribution is 6.06. The minimum absolute atomic E-state index is 0.217. The van der Waals surface area contributed by atoms with Gasteiger partial charge in [-0.25, -0.2) is 0 Å². The molecule has 5 N–H and O–H groups in total. The summed E-state index contributed by atoms with van der Waals surface area (Å²) in [7, 11) is 1.52. The van der Waals surface area contributed by atoms with Crippen LogP contribution in [0.1, 0.15) is 15.9 Å². The number of amides is 1. The lowest BCUT2D eigenvalue weighted by atomic mass is 10.1. The van der Waals surface area contributed by atoms with Gasteiger partial charge in [0.1, 0.15) is 5.75 Å². The third-order valence-corrected chi connectivity index (χ3v) is 2.99. The Balaban J connectivity index is 2.27. The van der Waals surface area contributed by atoms with E-state index in [4.69, 9.17) is 16.2 Å². The number of methoxy groups -OCH3 is 1. The number of anilines is 3. The molecule has 1 amide bonds. The molecular weight excluding hydrogens is 254 g/mol. The largest absolute Gasteiger partial charge is 0.495 e. The molecule has 2 rings (SSSR count). The lowest BCUT2D eigenvalue weighted by Gasteiger charge is -2.11. The molecule has 0 atom stereocenters. The summed E-state index contributed by atoms with van der Waals surface area (Å²) in [5, 5.41) is 2.81. The number of carbonyl (C=O) groups is 1. The number of hydrogen-bond donors (Lipinski definition) is 3. The van der Waals surface area contributed by atoms with Gasteiger partial charge in [-0.05, 0) is 48.9 Å². The molecule has 0 radical (unpaired) electrons. The Bertz CT molecular complexity index is 636. The molecule has 5 nitrogen and oxygen atoms in total. The minimum atomic E-state index is -0.217. The van der Waals surface area contributed by atoms with Crippen LogP contribution in [0, 0.1) is 6.92 Å². The van der Waals surface area contributed by atoms with Gasteiger partial charge in [0.25, 0.3) is 5.91 Å². The van der Waals surface area contributed by atoms with E-state index in [9.17, 15) is 4.79 Å². The molecule has 0 bridgehead atoms. The van der Waals surface area contributed by atoms with Crippen molar-refractivity contribution in [1.29, 1.82) is 0 Å². The summed E-state index contributed by atoms with van der Waals surface area (Å²) in [5.74, 6) is 0.267. The minimum Gasteiger partial charge on any atom is -0.495 e. The lowest BCUT2D eigenvalue weighted by Crippen LogP contribution is -2.14. The molecule has 0 spiro atoms. The van der Waals surface area contributed by atoms with Crippen molar-refractivity contribution in [3.63, 3.8) is 0 Å². The molecule has 0 saturated carbocycles. The number of hydrogen-bond acceptors (Lipinski definition) is 4. The Hall–Kier alpha value is -2.69. The Kier molecular flexibility index (Phi) is 3.79. The van der Waals surface area contributed by atoms with Crippen LogP contribution in [-0.2, 0) is 0 Å². The SMILES string of the molecule is COc1cc(C(=O)Nc2ccc(N)cc2)c(C)cc1N. The number of nitrogens with two attached hydrogens (primary N) is 2. The lowest BCUT2D eigenvalue weighted by molar-refractivity contribution is 0.102. The number of nitrogens with one attached hydrogen (secondary N) is 1. The quantitative estimate of drug-likeness (QED) is 0.748. The second kappa shape index (κ2) is 5.52. The second-order valence-electron chi connectivity index (χ2n) is 4.49. The molecule has 0 aliphatic carbocycles. The van der Waals surface area contributed by atoms with Gasteiger partial charge in [-0.1, -0.05) is 0 Å². The average Bonchev–Trinajstić information content (AvgIpc) is 2.41. The van der Waals surface area contributed by atoms with Crippen LogP contribution in [-0.4, -0.2) is 13.0 Å². The molecule has 0 saturated heterocycles. The fourth-order valence-corrected chi connectivity index (χ4v) is 1.90. The predicted octanol–water partition coefficient (Wildman–Crippen LogP) is 2.42. The third kappa shape index (κ3) is 2.83. The summed E-state index contributed by atoms with van der Waals surface area (Å²) in [5.41, 5.74) is 14.5. The Morgan fingerprint density at radius 2 is 1.80 bits per heavy atom. The van der Waals surface area contributed by atoms with Gasteiger partial charge in [0.2, 0.25) is 0 Å². The standard InChI is InChI=1S/C15H17N3O2/c1-9-7-13(17)14(20-2)8-12(9)15(19)18-11-5-3-10(16)4-6-11/h3-8H,16-17H2,1-2H3,(H,18,19). The first-order chi connectivity index (χ1) is 9.51. The summed E-state index contributed by atoms with van der Waals surface area (Å²) in [4.78, 5) is 12.3. The van der Waals surface area contributed by atoms with E-state index in [1.807, 2.05) is 6.92 Å². The van der Waals surface area contributed by atoms with E-state index in [1.54, 1.807) is 36.4 Å². The van der Waals surface area contributed by atoms with Gasteiger partial charge in [-0.2, -0.15) is 0 Å². The average molecular weight is 271 g/mol. The van der Waals surface area contributed by atoms with Crippen LogP contribution in [0.4, 0.5) is 17.1 Å². The van der Waals surface area contributed by atoms with E-state index >= 15 is 0 Å². The smallest absolute Gasteiger partial charge is 0.256 e. The molecule has 2 aromatic rings. The summed E-state index contributed by atoms with van der Waals surface area (Å²) in [6.45, 7) is 1.83. The Labute approximate surface area is 117 Å². The molecule has 0 fully saturated rings. The van der Waals surface area contributed by atoms with Crippen molar-refractivity contribution in [2.45, 2.75) is 6.92 Å². The topological polar surface area (TPSA) is 90.4 Å². The number of nitrogen functional groups attached to an aromatic ring is 2. The van der Waals surface area contributed by atoms with Gasteiger partial charge in [0, 0.05) is 16.9 Å². The molecule has 20 heavy (non-hydrogen) atoms. The predicted molar refractivity (Wildman–Crippen MR) is 81.0 cm³/mol. The van der Waals surface area contributed by atoms with Crippen molar-refractivity contribution in [3.05, 3.63) is 47.5 Å². The molecule has 0 heterocycles. The molecular formula is C15H17N3O2. The summed E-state index contributed by atoms with van der Waals surface area (Å²) >= 11 is 0. The van der Waals surface area contributed by atoms with Gasteiger partial charge < -0.3 is 21.5 Å². The maximum atomic E-state index is 12.3. The van der Waals surface area contributed by atoms with E-state index in [0.29, 0.717) is 28.4 Å². The highest BCUT2D eigenvalue weighted by Gasteiger charge is 2.13.